The van der Waals surface area contributed by atoms with Gasteiger partial charge in [-0.2, -0.15) is 0 Å². The van der Waals surface area contributed by atoms with E-state index in [-0.39, 0.29) is 10.6 Å². The summed E-state index contributed by atoms with van der Waals surface area (Å²) in [7, 11) is -1.68. The highest BCUT2D eigenvalue weighted by Crippen LogP contribution is 2.28. The number of benzene rings is 1. The number of nitrogen functional groups attached to an aromatic ring is 1. The summed E-state index contributed by atoms with van der Waals surface area (Å²) in [6.45, 7) is 2.83. The highest BCUT2D eigenvalue weighted by Gasteiger charge is 2.29. The van der Waals surface area contributed by atoms with Gasteiger partial charge in [-0.3, -0.25) is 4.90 Å². The van der Waals surface area contributed by atoms with Crippen LogP contribution >= 0.6 is 0 Å². The van der Waals surface area contributed by atoms with Gasteiger partial charge in [0.2, 0.25) is 10.0 Å². The van der Waals surface area contributed by atoms with Gasteiger partial charge < -0.3 is 11.1 Å². The van der Waals surface area contributed by atoms with Crippen molar-refractivity contribution in [2.24, 2.45) is 5.14 Å². The van der Waals surface area contributed by atoms with Crippen LogP contribution in [0.25, 0.3) is 0 Å². The van der Waals surface area contributed by atoms with Crippen LogP contribution in [0.1, 0.15) is 19.8 Å². The van der Waals surface area contributed by atoms with Crippen LogP contribution in [-0.4, -0.2) is 39.0 Å². The van der Waals surface area contributed by atoms with Crippen molar-refractivity contribution in [2.75, 3.05) is 24.6 Å². The molecule has 1 aliphatic carbocycles. The van der Waals surface area contributed by atoms with Gasteiger partial charge in [0.05, 0.1) is 11.4 Å². The van der Waals surface area contributed by atoms with Crippen LogP contribution in [0, 0.1) is 0 Å². The van der Waals surface area contributed by atoms with Gasteiger partial charge in [0.1, 0.15) is 4.90 Å². The van der Waals surface area contributed by atoms with E-state index in [4.69, 9.17) is 10.9 Å². The van der Waals surface area contributed by atoms with E-state index in [9.17, 15) is 8.42 Å². The molecule has 2 rings (SSSR count). The molecule has 20 heavy (non-hydrogen) atoms. The standard InChI is InChI=1S/C13H22N4O2S/c1-9(17(2)10-6-7-10)8-16-11-4-3-5-12(13(11)14)20(15,18)19/h3-5,9-10,16H,6-8,14H2,1-2H3,(H2,15,18,19). The van der Waals surface area contributed by atoms with Gasteiger partial charge in [-0.05, 0) is 38.9 Å². The number of hydrogen-bond donors (Lipinski definition) is 3. The summed E-state index contributed by atoms with van der Waals surface area (Å²) in [6, 6.07) is 5.83. The molecule has 5 N–H and O–H groups in total. The number of primary sulfonamides is 1. The Morgan fingerprint density at radius 3 is 2.65 bits per heavy atom. The molecule has 0 saturated heterocycles. The van der Waals surface area contributed by atoms with Crippen LogP contribution in [-0.2, 0) is 10.0 Å². The minimum Gasteiger partial charge on any atom is -0.396 e. The summed E-state index contributed by atoms with van der Waals surface area (Å²) >= 11 is 0. The second kappa shape index (κ2) is 5.59. The van der Waals surface area contributed by atoms with E-state index in [0.717, 1.165) is 0 Å². The van der Waals surface area contributed by atoms with Gasteiger partial charge in [-0.1, -0.05) is 6.07 Å². The van der Waals surface area contributed by atoms with Crippen LogP contribution in [0.15, 0.2) is 23.1 Å². The van der Waals surface area contributed by atoms with Gasteiger partial charge in [0.15, 0.2) is 0 Å². The quantitative estimate of drug-likeness (QED) is 0.675. The number of rotatable bonds is 6. The number of anilines is 2. The van der Waals surface area contributed by atoms with E-state index < -0.39 is 10.0 Å². The van der Waals surface area contributed by atoms with E-state index >= 15 is 0 Å². The number of likely N-dealkylation sites (N-methyl/N-ethyl adjacent to an activating group) is 1. The first kappa shape index (κ1) is 15.1. The molecule has 1 saturated carbocycles. The fourth-order valence-corrected chi connectivity index (χ4v) is 2.87. The Morgan fingerprint density at radius 1 is 1.45 bits per heavy atom. The predicted molar refractivity (Wildman–Crippen MR) is 81.0 cm³/mol. The maximum Gasteiger partial charge on any atom is 0.240 e. The molecule has 1 aromatic rings. The molecule has 7 heteroatoms. The maximum absolute atomic E-state index is 11.4. The van der Waals surface area contributed by atoms with E-state index in [1.54, 1.807) is 12.1 Å². The number of hydrogen-bond acceptors (Lipinski definition) is 5. The minimum atomic E-state index is -3.79. The van der Waals surface area contributed by atoms with Crippen molar-refractivity contribution >= 4 is 21.4 Å². The molecule has 0 aliphatic heterocycles. The third-order valence-electron chi connectivity index (χ3n) is 3.78. The van der Waals surface area contributed by atoms with E-state index in [1.807, 2.05) is 0 Å². The van der Waals surface area contributed by atoms with E-state index in [1.165, 1.54) is 18.9 Å². The lowest BCUT2D eigenvalue weighted by molar-refractivity contribution is 0.257. The third-order valence-corrected chi connectivity index (χ3v) is 4.75. The zero-order chi connectivity index (χ0) is 14.9. The summed E-state index contributed by atoms with van der Waals surface area (Å²) in [5.74, 6) is 0. The van der Waals surface area contributed by atoms with Crippen molar-refractivity contribution in [3.8, 4) is 0 Å². The molecular formula is C13H22N4O2S. The van der Waals surface area contributed by atoms with Crippen LogP contribution < -0.4 is 16.2 Å². The first-order chi connectivity index (χ1) is 9.30. The number of nitrogens with two attached hydrogens (primary N) is 2. The van der Waals surface area contributed by atoms with Crippen molar-refractivity contribution in [3.05, 3.63) is 18.2 Å². The lowest BCUT2D eigenvalue weighted by Gasteiger charge is -2.25. The lowest BCUT2D eigenvalue weighted by atomic mass is 10.2. The Kier molecular flexibility index (Phi) is 4.22. The second-order valence-corrected chi connectivity index (χ2v) is 6.92. The van der Waals surface area contributed by atoms with Crippen molar-refractivity contribution in [2.45, 2.75) is 36.7 Å². The summed E-state index contributed by atoms with van der Waals surface area (Å²) in [5.41, 5.74) is 6.65. The zero-order valence-corrected chi connectivity index (χ0v) is 12.7. The molecular weight excluding hydrogens is 276 g/mol. The highest BCUT2D eigenvalue weighted by atomic mass is 32.2. The van der Waals surface area contributed by atoms with Crippen molar-refractivity contribution in [1.82, 2.24) is 4.90 Å². The minimum absolute atomic E-state index is 0.0364. The summed E-state index contributed by atoms with van der Waals surface area (Å²) in [6.07, 6.45) is 2.51. The monoisotopic (exact) mass is 298 g/mol. The first-order valence-electron chi connectivity index (χ1n) is 6.68. The average molecular weight is 298 g/mol. The smallest absolute Gasteiger partial charge is 0.240 e. The Hall–Kier alpha value is -1.31. The van der Waals surface area contributed by atoms with E-state index in [2.05, 4.69) is 24.2 Å². The molecule has 0 radical (unpaired) electrons. The van der Waals surface area contributed by atoms with Crippen molar-refractivity contribution in [3.63, 3.8) is 0 Å². The van der Waals surface area contributed by atoms with Crippen LogP contribution in [0.2, 0.25) is 0 Å². The molecule has 1 unspecified atom stereocenters. The van der Waals surface area contributed by atoms with Crippen molar-refractivity contribution < 1.29 is 8.42 Å². The zero-order valence-electron chi connectivity index (χ0n) is 11.8. The molecule has 112 valence electrons. The topological polar surface area (TPSA) is 101 Å². The molecule has 1 aromatic carbocycles. The van der Waals surface area contributed by atoms with Gasteiger partial charge in [-0.25, -0.2) is 13.6 Å². The molecule has 0 bridgehead atoms. The maximum atomic E-state index is 11.4. The number of nitrogens with one attached hydrogen (secondary N) is 1. The Morgan fingerprint density at radius 2 is 2.10 bits per heavy atom. The number of para-hydroxylation sites is 1. The van der Waals surface area contributed by atoms with Gasteiger partial charge >= 0.3 is 0 Å². The van der Waals surface area contributed by atoms with Crippen molar-refractivity contribution in [1.29, 1.82) is 0 Å². The summed E-state index contributed by atoms with van der Waals surface area (Å²) < 4.78 is 22.8. The Balaban J connectivity index is 2.06. The number of sulfonamides is 1. The highest BCUT2D eigenvalue weighted by molar-refractivity contribution is 7.89. The Labute approximate surface area is 120 Å². The van der Waals surface area contributed by atoms with Gasteiger partial charge in [0.25, 0.3) is 0 Å². The molecule has 1 aliphatic rings. The number of nitrogens with zero attached hydrogens (tertiary/aromatic N) is 1. The first-order valence-corrected chi connectivity index (χ1v) is 8.22. The summed E-state index contributed by atoms with van der Waals surface area (Å²) in [5, 5.41) is 8.34. The summed E-state index contributed by atoms with van der Waals surface area (Å²) in [4.78, 5) is 2.29. The molecule has 6 nitrogen and oxygen atoms in total. The molecule has 1 atom stereocenters. The normalized spacial score (nSPS) is 17.2. The Bertz CT molecular complexity index is 584. The molecule has 0 amide bonds. The predicted octanol–water partition coefficient (Wildman–Crippen LogP) is 0.811. The van der Waals surface area contributed by atoms with Crippen LogP contribution in [0.5, 0.6) is 0 Å². The fraction of sp³-hybridized carbons (Fsp3) is 0.538. The van der Waals surface area contributed by atoms with Crippen LogP contribution in [0.4, 0.5) is 11.4 Å². The SMILES string of the molecule is CC(CNc1cccc(S(N)(=O)=O)c1N)N(C)C1CC1. The molecule has 0 heterocycles. The van der Waals surface area contributed by atoms with E-state index in [0.29, 0.717) is 24.3 Å². The lowest BCUT2D eigenvalue weighted by Crippen LogP contribution is -2.36. The molecule has 0 aromatic heterocycles. The molecule has 1 fully saturated rings. The average Bonchev–Trinajstić information content (AvgIpc) is 3.19. The largest absolute Gasteiger partial charge is 0.396 e. The van der Waals surface area contributed by atoms with Crippen LogP contribution in [0.3, 0.4) is 0 Å². The molecule has 0 spiro atoms. The fourth-order valence-electron chi connectivity index (χ4n) is 2.19. The van der Waals surface area contributed by atoms with Gasteiger partial charge in [0, 0.05) is 18.6 Å². The third kappa shape index (κ3) is 3.41. The van der Waals surface area contributed by atoms with Gasteiger partial charge in [-0.15, -0.1) is 0 Å². The second-order valence-electron chi connectivity index (χ2n) is 5.39.